The van der Waals surface area contributed by atoms with Crippen LogP contribution in [0, 0.1) is 5.92 Å². The van der Waals surface area contributed by atoms with Crippen LogP contribution in [0.2, 0.25) is 0 Å². The minimum atomic E-state index is -1.13. The Hall–Kier alpha value is -2.66. The summed E-state index contributed by atoms with van der Waals surface area (Å²) in [4.78, 5) is 24.8. The minimum Gasteiger partial charge on any atom is -0.435 e. The number of carbonyl (C=O) groups is 2. The first-order valence-corrected chi connectivity index (χ1v) is 8.89. The molecule has 2 aromatic carbocycles. The molecule has 26 heavy (non-hydrogen) atoms. The third-order valence-corrected chi connectivity index (χ3v) is 5.21. The van der Waals surface area contributed by atoms with Crippen LogP contribution in [0.4, 0.5) is 9.59 Å². The van der Waals surface area contributed by atoms with E-state index >= 15 is 0 Å². The van der Waals surface area contributed by atoms with Gasteiger partial charge < -0.3 is 9.84 Å². The van der Waals surface area contributed by atoms with Crippen LogP contribution in [0.1, 0.15) is 24.5 Å². The second kappa shape index (κ2) is 7.70. The van der Waals surface area contributed by atoms with Gasteiger partial charge in [-0.1, -0.05) is 60.7 Å². The smallest absolute Gasteiger partial charge is 0.435 e. The first kappa shape index (κ1) is 18.1. The van der Waals surface area contributed by atoms with Crippen LogP contribution >= 0.6 is 0 Å². The molecule has 0 bridgehead atoms. The lowest BCUT2D eigenvalue weighted by Gasteiger charge is -2.28. The number of carboxylic acid groups (broad SMARTS) is 1. The standard InChI is InChI=1S/C21H23NO4/c1-16-12-19(13-17-8-4-2-5-9-17)14-22(16,20(23)24)21(25)26-15-18-10-6-3-7-11-18/h2-11,16,19H,12-15H2,1H3/p+1/t16-,19+,22+/m1/s1. The van der Waals surface area contributed by atoms with Crippen molar-refractivity contribution in [2.24, 2.45) is 5.92 Å². The van der Waals surface area contributed by atoms with E-state index in [0.717, 1.165) is 17.5 Å². The van der Waals surface area contributed by atoms with E-state index in [1.165, 1.54) is 0 Å². The first-order valence-electron chi connectivity index (χ1n) is 8.89. The van der Waals surface area contributed by atoms with Crippen LogP contribution in [0.25, 0.3) is 0 Å². The third-order valence-electron chi connectivity index (χ3n) is 5.21. The average molecular weight is 354 g/mol. The van der Waals surface area contributed by atoms with Crippen molar-refractivity contribution in [1.82, 2.24) is 0 Å². The summed E-state index contributed by atoms with van der Waals surface area (Å²) in [5, 5.41) is 9.86. The zero-order chi connectivity index (χ0) is 18.6. The normalized spacial score (nSPS) is 25.0. The zero-order valence-corrected chi connectivity index (χ0v) is 14.9. The van der Waals surface area contributed by atoms with Gasteiger partial charge in [0.2, 0.25) is 0 Å². The Bertz CT molecular complexity index is 762. The maximum absolute atomic E-state index is 12.8. The number of rotatable bonds is 4. The maximum Gasteiger partial charge on any atom is 0.527 e. The fourth-order valence-electron chi connectivity index (χ4n) is 3.85. The molecule has 0 aromatic heterocycles. The molecule has 1 N–H and O–H groups in total. The van der Waals surface area contributed by atoms with Gasteiger partial charge >= 0.3 is 12.2 Å². The van der Waals surface area contributed by atoms with E-state index in [4.69, 9.17) is 4.74 Å². The predicted octanol–water partition coefficient (Wildman–Crippen LogP) is 4.47. The summed E-state index contributed by atoms with van der Waals surface area (Å²) in [6.45, 7) is 2.17. The molecule has 1 heterocycles. The predicted molar refractivity (Wildman–Crippen MR) is 97.5 cm³/mol. The Labute approximate surface area is 153 Å². The summed E-state index contributed by atoms with van der Waals surface area (Å²) in [6.07, 6.45) is -0.359. The molecule has 2 aromatic rings. The number of likely N-dealkylation sites (tertiary alicyclic amines) is 1. The van der Waals surface area contributed by atoms with Gasteiger partial charge in [0.25, 0.3) is 0 Å². The van der Waals surface area contributed by atoms with Crippen LogP contribution in [-0.2, 0) is 17.8 Å². The third kappa shape index (κ3) is 3.63. The molecule has 1 saturated heterocycles. The molecule has 1 aliphatic heterocycles. The van der Waals surface area contributed by atoms with Crippen molar-refractivity contribution < 1.29 is 23.9 Å². The van der Waals surface area contributed by atoms with Crippen molar-refractivity contribution in [1.29, 1.82) is 0 Å². The quantitative estimate of drug-likeness (QED) is 0.823. The minimum absolute atomic E-state index is 0.0863. The second-order valence-corrected chi connectivity index (χ2v) is 7.01. The number of amides is 2. The number of benzene rings is 2. The van der Waals surface area contributed by atoms with E-state index in [1.54, 1.807) is 0 Å². The Balaban J connectivity index is 1.72. The van der Waals surface area contributed by atoms with Gasteiger partial charge in [-0.2, -0.15) is 9.59 Å². The number of hydrogen-bond acceptors (Lipinski definition) is 3. The van der Waals surface area contributed by atoms with Crippen LogP contribution in [0.15, 0.2) is 60.7 Å². The summed E-state index contributed by atoms with van der Waals surface area (Å²) in [7, 11) is 0. The summed E-state index contributed by atoms with van der Waals surface area (Å²) in [6, 6.07) is 19.0. The molecule has 136 valence electrons. The van der Waals surface area contributed by atoms with Gasteiger partial charge in [0, 0.05) is 12.3 Å². The SMILES string of the molecule is C[C@@H]1C[C@@H](Cc2ccccc2)C[N@+]1(C(=O)O)C(=O)OCc1ccccc1. The molecule has 2 amide bonds. The van der Waals surface area contributed by atoms with Crippen molar-refractivity contribution in [2.45, 2.75) is 32.4 Å². The van der Waals surface area contributed by atoms with Gasteiger partial charge in [-0.3, -0.25) is 0 Å². The van der Waals surface area contributed by atoms with E-state index in [2.05, 4.69) is 0 Å². The lowest BCUT2D eigenvalue weighted by molar-refractivity contribution is -0.797. The molecule has 3 atom stereocenters. The van der Waals surface area contributed by atoms with Crippen molar-refractivity contribution in [2.75, 3.05) is 6.54 Å². The number of hydrogen-bond donors (Lipinski definition) is 1. The summed E-state index contributed by atoms with van der Waals surface area (Å²) in [5.74, 6) is 0.132. The van der Waals surface area contributed by atoms with Crippen molar-refractivity contribution in [3.63, 3.8) is 0 Å². The van der Waals surface area contributed by atoms with Gasteiger partial charge in [0.05, 0.1) is 0 Å². The van der Waals surface area contributed by atoms with E-state index < -0.39 is 16.7 Å². The summed E-state index contributed by atoms with van der Waals surface area (Å²) < 4.78 is 4.75. The molecular formula is C21H24NO4+. The molecule has 1 fully saturated rings. The molecule has 0 spiro atoms. The van der Waals surface area contributed by atoms with Crippen LogP contribution < -0.4 is 0 Å². The van der Waals surface area contributed by atoms with Gasteiger partial charge in [-0.05, 0) is 24.5 Å². The zero-order valence-electron chi connectivity index (χ0n) is 14.9. The molecule has 0 unspecified atom stereocenters. The highest BCUT2D eigenvalue weighted by Gasteiger charge is 2.58. The maximum atomic E-state index is 12.8. The van der Waals surface area contributed by atoms with Crippen LogP contribution in [0.3, 0.4) is 0 Å². The molecular weight excluding hydrogens is 330 g/mol. The largest absolute Gasteiger partial charge is 0.527 e. The lowest BCUT2D eigenvalue weighted by atomic mass is 9.97. The van der Waals surface area contributed by atoms with Crippen LogP contribution in [0.5, 0.6) is 0 Å². The number of carbonyl (C=O) groups excluding carboxylic acids is 1. The highest BCUT2D eigenvalue weighted by atomic mass is 16.6. The number of quaternary nitrogens is 1. The van der Waals surface area contributed by atoms with Gasteiger partial charge in [-0.25, -0.2) is 0 Å². The van der Waals surface area contributed by atoms with Crippen molar-refractivity contribution >= 4 is 12.2 Å². The number of nitrogens with zero attached hydrogens (tertiary/aromatic N) is 1. The summed E-state index contributed by atoms with van der Waals surface area (Å²) in [5.41, 5.74) is 2.00. The lowest BCUT2D eigenvalue weighted by Crippen LogP contribution is -2.59. The number of imide groups is 1. The highest BCUT2D eigenvalue weighted by molar-refractivity contribution is 5.75. The number of ether oxygens (including phenoxy) is 1. The topological polar surface area (TPSA) is 63.6 Å². The summed E-state index contributed by atoms with van der Waals surface area (Å²) >= 11 is 0. The highest BCUT2D eigenvalue weighted by Crippen LogP contribution is 2.35. The monoisotopic (exact) mass is 354 g/mol. The Morgan fingerprint density at radius 2 is 1.62 bits per heavy atom. The second-order valence-electron chi connectivity index (χ2n) is 7.01. The van der Waals surface area contributed by atoms with Crippen molar-refractivity contribution in [3.8, 4) is 0 Å². The fourth-order valence-corrected chi connectivity index (χ4v) is 3.85. The van der Waals surface area contributed by atoms with Gasteiger partial charge in [0.15, 0.2) is 0 Å². The van der Waals surface area contributed by atoms with E-state index in [0.29, 0.717) is 6.42 Å². The Morgan fingerprint density at radius 3 is 2.19 bits per heavy atom. The molecule has 0 aliphatic carbocycles. The molecule has 1 aliphatic rings. The molecule has 0 radical (unpaired) electrons. The first-order chi connectivity index (χ1) is 12.5. The van der Waals surface area contributed by atoms with Crippen LogP contribution in [-0.4, -0.2) is 34.4 Å². The Morgan fingerprint density at radius 1 is 1.04 bits per heavy atom. The molecule has 5 heteroatoms. The fraction of sp³-hybridized carbons (Fsp3) is 0.333. The molecule has 0 saturated carbocycles. The molecule has 5 nitrogen and oxygen atoms in total. The average Bonchev–Trinajstić information content (AvgIpc) is 2.98. The Kier molecular flexibility index (Phi) is 5.38. The van der Waals surface area contributed by atoms with Gasteiger partial charge in [-0.15, -0.1) is 4.48 Å². The van der Waals surface area contributed by atoms with Crippen molar-refractivity contribution in [3.05, 3.63) is 71.8 Å². The van der Waals surface area contributed by atoms with E-state index in [9.17, 15) is 14.7 Å². The van der Waals surface area contributed by atoms with E-state index in [1.807, 2.05) is 67.6 Å². The van der Waals surface area contributed by atoms with Gasteiger partial charge in [0.1, 0.15) is 19.2 Å². The van der Waals surface area contributed by atoms with E-state index in [-0.39, 0.29) is 25.1 Å². The molecule has 3 rings (SSSR count).